The first-order chi connectivity index (χ1) is 12.7. The Balaban J connectivity index is 1.76. The van der Waals surface area contributed by atoms with Gasteiger partial charge in [-0.1, -0.05) is 55.5 Å². The van der Waals surface area contributed by atoms with Crippen LogP contribution >= 0.6 is 0 Å². The molecule has 0 heterocycles. The van der Waals surface area contributed by atoms with Crippen molar-refractivity contribution in [2.24, 2.45) is 0 Å². The first kappa shape index (κ1) is 17.4. The van der Waals surface area contributed by atoms with Gasteiger partial charge in [-0.25, -0.2) is 4.79 Å². The molecule has 0 amide bonds. The van der Waals surface area contributed by atoms with Gasteiger partial charge in [0.2, 0.25) is 0 Å². The number of carbonyl (C=O) groups excluding carboxylic acids is 2. The molecular weight excluding hydrogens is 328 g/mol. The lowest BCUT2D eigenvalue weighted by molar-refractivity contribution is -0.134. The van der Waals surface area contributed by atoms with E-state index in [2.05, 4.69) is 0 Å². The van der Waals surface area contributed by atoms with Crippen LogP contribution in [0.15, 0.2) is 78.9 Å². The minimum absolute atomic E-state index is 0.274. The Morgan fingerprint density at radius 2 is 1.38 bits per heavy atom. The minimum atomic E-state index is -0.471. The van der Waals surface area contributed by atoms with Crippen LogP contribution in [-0.2, 0) is 4.79 Å². The second kappa shape index (κ2) is 8.12. The molecule has 3 aromatic carbocycles. The van der Waals surface area contributed by atoms with Crippen LogP contribution in [0.4, 0.5) is 0 Å². The number of hydrogen-bond acceptors (Lipinski definition) is 4. The van der Waals surface area contributed by atoms with Crippen LogP contribution in [0.3, 0.4) is 0 Å². The summed E-state index contributed by atoms with van der Waals surface area (Å²) in [6.45, 7) is 1.71. The maximum atomic E-state index is 12.5. The van der Waals surface area contributed by atoms with Crippen LogP contribution in [0.25, 0.3) is 11.1 Å². The van der Waals surface area contributed by atoms with Crippen molar-refractivity contribution in [2.45, 2.75) is 13.3 Å². The monoisotopic (exact) mass is 346 g/mol. The van der Waals surface area contributed by atoms with Gasteiger partial charge in [0.25, 0.3) is 0 Å². The van der Waals surface area contributed by atoms with Crippen molar-refractivity contribution in [2.75, 3.05) is 0 Å². The fourth-order valence-electron chi connectivity index (χ4n) is 2.43. The molecule has 4 heteroatoms. The van der Waals surface area contributed by atoms with Crippen molar-refractivity contribution in [1.29, 1.82) is 0 Å². The molecule has 0 radical (unpaired) electrons. The molecule has 0 N–H and O–H groups in total. The van der Waals surface area contributed by atoms with Gasteiger partial charge in [-0.05, 0) is 35.4 Å². The summed E-state index contributed by atoms with van der Waals surface area (Å²) in [5.74, 6) is -0.146. The largest absolute Gasteiger partial charge is 0.426 e. The van der Waals surface area contributed by atoms with Crippen molar-refractivity contribution in [3.8, 4) is 22.6 Å². The van der Waals surface area contributed by atoms with Crippen LogP contribution in [0.1, 0.15) is 23.7 Å². The molecule has 26 heavy (non-hydrogen) atoms. The Morgan fingerprint density at radius 1 is 0.731 bits per heavy atom. The van der Waals surface area contributed by atoms with Gasteiger partial charge in [0.1, 0.15) is 11.5 Å². The highest BCUT2D eigenvalue weighted by Crippen LogP contribution is 2.23. The van der Waals surface area contributed by atoms with Crippen LogP contribution in [0, 0.1) is 0 Å². The zero-order valence-electron chi connectivity index (χ0n) is 14.3. The SMILES string of the molecule is CCC(=O)Oc1cccc(OC(=O)c2cccc(-c3ccccc3)c2)c1. The van der Waals surface area contributed by atoms with Crippen LogP contribution in [0.2, 0.25) is 0 Å². The number of carbonyl (C=O) groups is 2. The van der Waals surface area contributed by atoms with E-state index >= 15 is 0 Å². The molecule has 0 unspecified atom stereocenters. The number of esters is 2. The molecule has 0 saturated heterocycles. The molecule has 3 aromatic rings. The first-order valence-corrected chi connectivity index (χ1v) is 8.34. The standard InChI is InChI=1S/C22H18O4/c1-2-21(23)25-19-12-7-13-20(15-19)26-22(24)18-11-6-10-17(14-18)16-8-4-3-5-9-16/h3-15H,2H2,1H3. The molecule has 0 aliphatic carbocycles. The molecule has 3 rings (SSSR count). The van der Waals surface area contributed by atoms with Crippen molar-refractivity contribution >= 4 is 11.9 Å². The zero-order chi connectivity index (χ0) is 18.4. The molecule has 0 aliphatic rings. The van der Waals surface area contributed by atoms with Crippen LogP contribution in [-0.4, -0.2) is 11.9 Å². The fourth-order valence-corrected chi connectivity index (χ4v) is 2.43. The summed E-state index contributed by atoms with van der Waals surface area (Å²) < 4.78 is 10.6. The molecule has 0 bridgehead atoms. The van der Waals surface area contributed by atoms with Crippen LogP contribution in [0.5, 0.6) is 11.5 Å². The second-order valence-electron chi connectivity index (χ2n) is 5.64. The lowest BCUT2D eigenvalue weighted by atomic mass is 10.0. The predicted molar refractivity (Wildman–Crippen MR) is 99.2 cm³/mol. The van der Waals surface area contributed by atoms with E-state index in [-0.39, 0.29) is 12.4 Å². The molecule has 0 spiro atoms. The highest BCUT2D eigenvalue weighted by molar-refractivity contribution is 5.92. The summed E-state index contributed by atoms with van der Waals surface area (Å²) in [5.41, 5.74) is 2.41. The van der Waals surface area contributed by atoms with Crippen molar-refractivity contribution in [1.82, 2.24) is 0 Å². The summed E-state index contributed by atoms with van der Waals surface area (Å²) in [4.78, 5) is 23.8. The first-order valence-electron chi connectivity index (χ1n) is 8.34. The quantitative estimate of drug-likeness (QED) is 0.488. The maximum Gasteiger partial charge on any atom is 0.343 e. The molecule has 0 saturated carbocycles. The van der Waals surface area contributed by atoms with Crippen molar-refractivity contribution in [3.63, 3.8) is 0 Å². The Labute approximate surface area is 152 Å². The van der Waals surface area contributed by atoms with Crippen molar-refractivity contribution in [3.05, 3.63) is 84.4 Å². The average Bonchev–Trinajstić information content (AvgIpc) is 2.69. The number of benzene rings is 3. The summed E-state index contributed by atoms with van der Waals surface area (Å²) in [6.07, 6.45) is 0.274. The molecule has 0 aliphatic heterocycles. The van der Waals surface area contributed by atoms with Gasteiger partial charge >= 0.3 is 11.9 Å². The van der Waals surface area contributed by atoms with E-state index < -0.39 is 5.97 Å². The third-order valence-corrected chi connectivity index (χ3v) is 3.74. The second-order valence-corrected chi connectivity index (χ2v) is 5.64. The average molecular weight is 346 g/mol. The van der Waals surface area contributed by atoms with Gasteiger partial charge in [0.15, 0.2) is 0 Å². The highest BCUT2D eigenvalue weighted by atomic mass is 16.5. The predicted octanol–water partition coefficient (Wildman–Crippen LogP) is 4.89. The third kappa shape index (κ3) is 4.36. The lowest BCUT2D eigenvalue weighted by Crippen LogP contribution is -2.09. The molecule has 4 nitrogen and oxygen atoms in total. The highest BCUT2D eigenvalue weighted by Gasteiger charge is 2.11. The number of hydrogen-bond donors (Lipinski definition) is 0. The number of rotatable bonds is 5. The minimum Gasteiger partial charge on any atom is -0.426 e. The van der Waals surface area contributed by atoms with E-state index in [4.69, 9.17) is 9.47 Å². The topological polar surface area (TPSA) is 52.6 Å². The maximum absolute atomic E-state index is 12.5. The zero-order valence-corrected chi connectivity index (χ0v) is 14.3. The van der Waals surface area contributed by atoms with Crippen molar-refractivity contribution < 1.29 is 19.1 Å². The summed E-state index contributed by atoms with van der Waals surface area (Å²) in [6, 6.07) is 23.5. The van der Waals surface area contributed by atoms with Gasteiger partial charge in [-0.3, -0.25) is 4.79 Å². The fraction of sp³-hybridized carbons (Fsp3) is 0.0909. The molecule has 0 fully saturated rings. The Kier molecular flexibility index (Phi) is 5.44. The van der Waals surface area contributed by atoms with Gasteiger partial charge < -0.3 is 9.47 Å². The molecule has 0 atom stereocenters. The normalized spacial score (nSPS) is 10.2. The third-order valence-electron chi connectivity index (χ3n) is 3.74. The van der Waals surface area contributed by atoms with E-state index in [0.29, 0.717) is 17.1 Å². The molecule has 0 aromatic heterocycles. The van der Waals surface area contributed by atoms with E-state index in [9.17, 15) is 9.59 Å². The summed E-state index contributed by atoms with van der Waals surface area (Å²) in [7, 11) is 0. The lowest BCUT2D eigenvalue weighted by Gasteiger charge is -2.08. The van der Waals surface area contributed by atoms with E-state index in [1.54, 1.807) is 37.3 Å². The van der Waals surface area contributed by atoms with Gasteiger partial charge in [-0.15, -0.1) is 0 Å². The summed E-state index contributed by atoms with van der Waals surface area (Å²) >= 11 is 0. The van der Waals surface area contributed by atoms with E-state index in [0.717, 1.165) is 11.1 Å². The number of ether oxygens (including phenoxy) is 2. The molecular formula is C22H18O4. The van der Waals surface area contributed by atoms with Crippen LogP contribution < -0.4 is 9.47 Å². The van der Waals surface area contributed by atoms with E-state index in [1.165, 1.54) is 6.07 Å². The Hall–Kier alpha value is -3.40. The Bertz CT molecular complexity index is 916. The van der Waals surface area contributed by atoms with Gasteiger partial charge in [0.05, 0.1) is 5.56 Å². The summed E-state index contributed by atoms with van der Waals surface area (Å²) in [5, 5.41) is 0. The Morgan fingerprint density at radius 3 is 2.12 bits per heavy atom. The van der Waals surface area contributed by atoms with E-state index in [1.807, 2.05) is 42.5 Å². The molecule has 130 valence electrons. The van der Waals surface area contributed by atoms with Gasteiger partial charge in [-0.2, -0.15) is 0 Å². The smallest absolute Gasteiger partial charge is 0.343 e. The van der Waals surface area contributed by atoms with Gasteiger partial charge in [0, 0.05) is 12.5 Å².